The number of halogens is 1. The highest BCUT2D eigenvalue weighted by Gasteiger charge is 2.31. The van der Waals surface area contributed by atoms with E-state index in [1.54, 1.807) is 6.07 Å². The summed E-state index contributed by atoms with van der Waals surface area (Å²) in [6.07, 6.45) is 0. The van der Waals surface area contributed by atoms with Gasteiger partial charge < -0.3 is 4.90 Å². The highest BCUT2D eigenvalue weighted by atomic mass is 19.1. The molecule has 0 N–H and O–H groups in total. The van der Waals surface area contributed by atoms with E-state index >= 15 is 0 Å². The lowest BCUT2D eigenvalue weighted by Gasteiger charge is -2.36. The van der Waals surface area contributed by atoms with Crippen molar-refractivity contribution in [2.24, 2.45) is 5.11 Å². The van der Waals surface area contributed by atoms with Gasteiger partial charge in [-0.15, -0.1) is 0 Å². The van der Waals surface area contributed by atoms with Crippen LogP contribution in [0.2, 0.25) is 0 Å². The van der Waals surface area contributed by atoms with Gasteiger partial charge in [-0.2, -0.15) is 0 Å². The maximum Gasteiger partial charge on any atom is 0.256 e. The van der Waals surface area contributed by atoms with E-state index in [9.17, 15) is 9.18 Å². The van der Waals surface area contributed by atoms with E-state index in [2.05, 4.69) is 10.0 Å². The van der Waals surface area contributed by atoms with E-state index in [1.165, 1.54) is 23.1 Å². The van der Waals surface area contributed by atoms with Crippen molar-refractivity contribution < 1.29 is 9.18 Å². The van der Waals surface area contributed by atoms with Gasteiger partial charge in [0.05, 0.1) is 11.6 Å². The van der Waals surface area contributed by atoms with Crippen LogP contribution >= 0.6 is 0 Å². The minimum Gasteiger partial charge on any atom is -0.338 e. The molecule has 0 atom stereocenters. The van der Waals surface area contributed by atoms with Crippen molar-refractivity contribution in [2.45, 2.75) is 6.04 Å². The number of azide groups is 1. The fourth-order valence-corrected chi connectivity index (χ4v) is 1.57. The van der Waals surface area contributed by atoms with Crippen molar-refractivity contribution in [3.05, 3.63) is 46.1 Å². The van der Waals surface area contributed by atoms with Gasteiger partial charge in [0.2, 0.25) is 0 Å². The summed E-state index contributed by atoms with van der Waals surface area (Å²) in [6, 6.07) is 5.66. The van der Waals surface area contributed by atoms with Crippen LogP contribution in [0.4, 0.5) is 4.39 Å². The fourth-order valence-electron chi connectivity index (χ4n) is 1.57. The highest BCUT2D eigenvalue weighted by Crippen LogP contribution is 2.17. The molecule has 1 aliphatic rings. The molecule has 82 valence electrons. The average molecular weight is 220 g/mol. The topological polar surface area (TPSA) is 69.1 Å². The molecular formula is C10H9FN4O. The third kappa shape index (κ3) is 1.83. The van der Waals surface area contributed by atoms with E-state index < -0.39 is 5.82 Å². The lowest BCUT2D eigenvalue weighted by molar-refractivity contribution is 0.0604. The van der Waals surface area contributed by atoms with Crippen LogP contribution in [0.15, 0.2) is 29.4 Å². The quantitative estimate of drug-likeness (QED) is 0.426. The maximum atomic E-state index is 13.3. The fraction of sp³-hybridized carbons (Fsp3) is 0.300. The first-order chi connectivity index (χ1) is 7.72. The lowest BCUT2D eigenvalue weighted by Crippen LogP contribution is -2.52. The van der Waals surface area contributed by atoms with Gasteiger partial charge in [0, 0.05) is 18.0 Å². The number of amides is 1. The molecule has 2 rings (SSSR count). The SMILES string of the molecule is [N-]=[N+]=NC1CN(C(=O)c2ccccc2F)C1. The number of benzene rings is 1. The summed E-state index contributed by atoms with van der Waals surface area (Å²) < 4.78 is 13.3. The van der Waals surface area contributed by atoms with Crippen LogP contribution in [0.25, 0.3) is 10.4 Å². The van der Waals surface area contributed by atoms with Gasteiger partial charge in [0.25, 0.3) is 5.91 Å². The summed E-state index contributed by atoms with van der Waals surface area (Å²) >= 11 is 0. The molecule has 1 heterocycles. The summed E-state index contributed by atoms with van der Waals surface area (Å²) in [5.74, 6) is -0.887. The monoisotopic (exact) mass is 220 g/mol. The molecule has 1 amide bonds. The Bertz CT molecular complexity index is 464. The zero-order chi connectivity index (χ0) is 11.5. The molecule has 5 nitrogen and oxygen atoms in total. The smallest absolute Gasteiger partial charge is 0.256 e. The second kappa shape index (κ2) is 4.20. The van der Waals surface area contributed by atoms with Crippen LogP contribution in [-0.2, 0) is 0 Å². The first-order valence-electron chi connectivity index (χ1n) is 4.80. The molecule has 1 aliphatic heterocycles. The van der Waals surface area contributed by atoms with Gasteiger partial charge in [0.15, 0.2) is 0 Å². The molecule has 1 fully saturated rings. The predicted octanol–water partition coefficient (Wildman–Crippen LogP) is 1.96. The van der Waals surface area contributed by atoms with Crippen molar-refractivity contribution in [1.82, 2.24) is 4.90 Å². The Balaban J connectivity index is 2.06. The van der Waals surface area contributed by atoms with Crippen LogP contribution in [0.5, 0.6) is 0 Å². The van der Waals surface area contributed by atoms with Gasteiger partial charge in [-0.25, -0.2) is 4.39 Å². The molecule has 1 aromatic carbocycles. The molecule has 0 bridgehead atoms. The first-order valence-corrected chi connectivity index (χ1v) is 4.80. The molecule has 0 saturated carbocycles. The van der Waals surface area contributed by atoms with Gasteiger partial charge in [-0.3, -0.25) is 4.79 Å². The van der Waals surface area contributed by atoms with E-state index in [4.69, 9.17) is 5.53 Å². The number of likely N-dealkylation sites (tertiary alicyclic amines) is 1. The molecule has 0 aliphatic carbocycles. The molecule has 0 unspecified atom stereocenters. The first kappa shape index (κ1) is 10.4. The van der Waals surface area contributed by atoms with Crippen LogP contribution in [-0.4, -0.2) is 29.9 Å². The minimum atomic E-state index is -0.528. The van der Waals surface area contributed by atoms with Crippen molar-refractivity contribution in [2.75, 3.05) is 13.1 Å². The molecule has 0 spiro atoms. The van der Waals surface area contributed by atoms with Crippen molar-refractivity contribution in [3.8, 4) is 0 Å². The number of hydrogen-bond donors (Lipinski definition) is 0. The number of hydrogen-bond acceptors (Lipinski definition) is 2. The zero-order valence-electron chi connectivity index (χ0n) is 8.38. The highest BCUT2D eigenvalue weighted by molar-refractivity contribution is 5.95. The molecule has 1 aromatic rings. The Morgan fingerprint density at radius 3 is 2.81 bits per heavy atom. The van der Waals surface area contributed by atoms with E-state index in [1.807, 2.05) is 0 Å². The Labute approximate surface area is 91.1 Å². The predicted molar refractivity (Wildman–Crippen MR) is 55.2 cm³/mol. The Morgan fingerprint density at radius 1 is 1.50 bits per heavy atom. The Kier molecular flexibility index (Phi) is 2.74. The number of carbonyl (C=O) groups is 1. The van der Waals surface area contributed by atoms with Crippen LogP contribution in [0.3, 0.4) is 0 Å². The molecule has 0 radical (unpaired) electrons. The summed E-state index contributed by atoms with van der Waals surface area (Å²) in [5.41, 5.74) is 8.24. The van der Waals surface area contributed by atoms with Crippen molar-refractivity contribution >= 4 is 5.91 Å². The maximum absolute atomic E-state index is 13.3. The van der Waals surface area contributed by atoms with Gasteiger partial charge in [-0.1, -0.05) is 17.2 Å². The molecule has 0 aromatic heterocycles. The van der Waals surface area contributed by atoms with Gasteiger partial charge in [0.1, 0.15) is 5.82 Å². The normalized spacial score (nSPS) is 15.2. The Morgan fingerprint density at radius 2 is 2.19 bits per heavy atom. The number of carbonyl (C=O) groups excluding carboxylic acids is 1. The lowest BCUT2D eigenvalue weighted by atomic mass is 10.1. The molecular weight excluding hydrogens is 211 g/mol. The van der Waals surface area contributed by atoms with Gasteiger partial charge in [-0.05, 0) is 17.7 Å². The van der Waals surface area contributed by atoms with E-state index in [-0.39, 0.29) is 17.5 Å². The van der Waals surface area contributed by atoms with Gasteiger partial charge >= 0.3 is 0 Å². The number of rotatable bonds is 2. The van der Waals surface area contributed by atoms with Crippen molar-refractivity contribution in [3.63, 3.8) is 0 Å². The second-order valence-corrected chi connectivity index (χ2v) is 3.55. The number of nitrogens with zero attached hydrogens (tertiary/aromatic N) is 4. The molecule has 1 saturated heterocycles. The third-order valence-electron chi connectivity index (χ3n) is 2.47. The summed E-state index contributed by atoms with van der Waals surface area (Å²) in [4.78, 5) is 15.9. The molecule has 16 heavy (non-hydrogen) atoms. The largest absolute Gasteiger partial charge is 0.338 e. The second-order valence-electron chi connectivity index (χ2n) is 3.55. The summed E-state index contributed by atoms with van der Waals surface area (Å²) in [6.45, 7) is 0.717. The minimum absolute atomic E-state index is 0.0573. The standard InChI is InChI=1S/C10H9FN4O/c11-9-4-2-1-3-8(9)10(16)15-5-7(6-15)13-14-12/h1-4,7H,5-6H2. The Hall–Kier alpha value is -2.07. The third-order valence-corrected chi connectivity index (χ3v) is 2.47. The molecule has 6 heteroatoms. The van der Waals surface area contributed by atoms with Crippen LogP contribution in [0, 0.1) is 5.82 Å². The zero-order valence-corrected chi connectivity index (χ0v) is 8.38. The van der Waals surface area contributed by atoms with Crippen LogP contribution in [0.1, 0.15) is 10.4 Å². The summed E-state index contributed by atoms with van der Waals surface area (Å²) in [5, 5.41) is 3.47. The van der Waals surface area contributed by atoms with E-state index in [0.717, 1.165) is 0 Å². The average Bonchev–Trinajstić information content (AvgIpc) is 2.22. The summed E-state index contributed by atoms with van der Waals surface area (Å²) in [7, 11) is 0. The van der Waals surface area contributed by atoms with Crippen molar-refractivity contribution in [1.29, 1.82) is 0 Å². The van der Waals surface area contributed by atoms with E-state index in [0.29, 0.717) is 13.1 Å². The van der Waals surface area contributed by atoms with Crippen LogP contribution < -0.4 is 0 Å².